The highest BCUT2D eigenvalue weighted by molar-refractivity contribution is 5.97. The van der Waals surface area contributed by atoms with Crippen molar-refractivity contribution in [2.45, 2.75) is 134 Å². The van der Waals surface area contributed by atoms with E-state index in [1.165, 1.54) is 6.92 Å². The number of aliphatic carboxylic acids is 2. The molecule has 23 heteroatoms. The smallest absolute Gasteiger partial charge is 0.326 e. The van der Waals surface area contributed by atoms with Gasteiger partial charge in [-0.3, -0.25) is 38.6 Å². The molecule has 0 rings (SSSR count). The predicted octanol–water partition coefficient (Wildman–Crippen LogP) is -4.46. The van der Waals surface area contributed by atoms with E-state index in [1.807, 2.05) is 0 Å². The van der Waals surface area contributed by atoms with Gasteiger partial charge >= 0.3 is 11.9 Å². The van der Waals surface area contributed by atoms with Crippen molar-refractivity contribution in [2.75, 3.05) is 26.2 Å². The minimum absolute atomic E-state index is 0.0254. The van der Waals surface area contributed by atoms with Crippen molar-refractivity contribution >= 4 is 53.3 Å². The van der Waals surface area contributed by atoms with Gasteiger partial charge in [-0.05, 0) is 83.7 Å². The van der Waals surface area contributed by atoms with Crippen LogP contribution in [0.4, 0.5) is 0 Å². The molecule has 6 amide bonds. The lowest BCUT2D eigenvalue weighted by Crippen LogP contribution is -2.59. The summed E-state index contributed by atoms with van der Waals surface area (Å²) in [6, 6.07) is -9.22. The molecule has 0 spiro atoms. The summed E-state index contributed by atoms with van der Waals surface area (Å²) in [5.41, 5.74) is 27.5. The Morgan fingerprint density at radius 2 is 1.03 bits per heavy atom. The number of aliphatic hydroxyl groups is 1. The maximum atomic E-state index is 13.7. The first kappa shape index (κ1) is 52.9. The number of carboxylic acid groups (broad SMARTS) is 2. The molecule has 0 bridgehead atoms. The van der Waals surface area contributed by atoms with Crippen molar-refractivity contribution in [3.05, 3.63) is 0 Å². The number of guanidine groups is 1. The highest BCUT2D eigenvalue weighted by atomic mass is 16.4. The number of carbonyl (C=O) groups excluding carboxylic acids is 6. The van der Waals surface area contributed by atoms with Gasteiger partial charge < -0.3 is 75.9 Å². The fourth-order valence-electron chi connectivity index (χ4n) is 5.37. The van der Waals surface area contributed by atoms with Crippen LogP contribution in [0.15, 0.2) is 4.99 Å². The number of nitrogens with two attached hydrogens (primary N) is 5. The molecule has 0 aliphatic carbocycles. The van der Waals surface area contributed by atoms with Gasteiger partial charge in [0.15, 0.2) is 5.96 Å². The van der Waals surface area contributed by atoms with Crippen LogP contribution in [0.2, 0.25) is 0 Å². The Kier molecular flexibility index (Phi) is 26.6. The quantitative estimate of drug-likeness (QED) is 0.0178. The summed E-state index contributed by atoms with van der Waals surface area (Å²) < 4.78 is 0. The second-order valence-electron chi connectivity index (χ2n) is 14.2. The molecule has 0 aromatic heterocycles. The van der Waals surface area contributed by atoms with Gasteiger partial charge in [0.05, 0.1) is 12.6 Å². The van der Waals surface area contributed by atoms with E-state index in [0.29, 0.717) is 32.2 Å². The summed E-state index contributed by atoms with van der Waals surface area (Å²) >= 11 is 0. The van der Waals surface area contributed by atoms with Crippen LogP contribution in [-0.2, 0) is 38.4 Å². The van der Waals surface area contributed by atoms with Crippen molar-refractivity contribution < 1.29 is 53.7 Å². The van der Waals surface area contributed by atoms with Crippen LogP contribution >= 0.6 is 0 Å². The number of hydrogen-bond donors (Lipinski definition) is 14. The number of carboxylic acids is 2. The Hall–Kier alpha value is -5.13. The summed E-state index contributed by atoms with van der Waals surface area (Å²) in [5.74, 6) is -8.16. The zero-order chi connectivity index (χ0) is 44.4. The van der Waals surface area contributed by atoms with Crippen molar-refractivity contribution in [3.63, 3.8) is 0 Å². The third kappa shape index (κ3) is 22.6. The van der Waals surface area contributed by atoms with Crippen molar-refractivity contribution in [2.24, 2.45) is 39.6 Å². The van der Waals surface area contributed by atoms with Crippen LogP contribution in [0, 0.1) is 5.92 Å². The van der Waals surface area contributed by atoms with E-state index < -0.39 is 109 Å². The molecule has 0 saturated heterocycles. The fourth-order valence-corrected chi connectivity index (χ4v) is 5.37. The van der Waals surface area contributed by atoms with Gasteiger partial charge in [-0.2, -0.15) is 0 Å². The first-order valence-electron chi connectivity index (χ1n) is 19.4. The molecule has 0 saturated carbocycles. The Balaban J connectivity index is 6.01. The second-order valence-corrected chi connectivity index (χ2v) is 14.2. The number of amides is 6. The Morgan fingerprint density at radius 3 is 1.55 bits per heavy atom. The number of nitrogens with one attached hydrogen (secondary N) is 6. The van der Waals surface area contributed by atoms with Gasteiger partial charge in [0.25, 0.3) is 0 Å². The minimum atomic E-state index is -1.52. The van der Waals surface area contributed by atoms with Crippen LogP contribution < -0.4 is 60.6 Å². The van der Waals surface area contributed by atoms with Gasteiger partial charge in [0.2, 0.25) is 35.4 Å². The van der Waals surface area contributed by atoms with E-state index in [9.17, 15) is 53.7 Å². The van der Waals surface area contributed by atoms with Gasteiger partial charge in [-0.25, -0.2) is 4.79 Å². The minimum Gasteiger partial charge on any atom is -0.481 e. The molecule has 332 valence electrons. The SMILES string of the molecule is CC(C)C[C@H](NC(=O)[C@H](CCC(=O)O)NC(=O)[C@H](C)NC(=O)[C@H](CO)NC(=O)[C@@H](N)CCCCN)C(=O)N[C@@H](CCCCN)C(=O)N[C@@H](CCCN=C(N)N)C(=O)O. The average Bonchev–Trinajstić information content (AvgIpc) is 3.14. The molecule has 0 heterocycles. The van der Waals surface area contributed by atoms with E-state index >= 15 is 0 Å². The second kappa shape index (κ2) is 29.1. The number of aliphatic imine (C=N–C) groups is 1. The van der Waals surface area contributed by atoms with Crippen molar-refractivity contribution in [1.82, 2.24) is 31.9 Å². The molecular formula is C35H66N12O11. The summed E-state index contributed by atoms with van der Waals surface area (Å²) in [7, 11) is 0. The molecule has 0 aromatic rings. The largest absolute Gasteiger partial charge is 0.481 e. The third-order valence-electron chi connectivity index (χ3n) is 8.63. The Labute approximate surface area is 338 Å². The van der Waals surface area contributed by atoms with Gasteiger partial charge in [0, 0.05) is 13.0 Å². The van der Waals surface area contributed by atoms with E-state index in [4.69, 9.17) is 28.7 Å². The van der Waals surface area contributed by atoms with E-state index in [-0.39, 0.29) is 57.1 Å². The number of aliphatic hydroxyl groups excluding tert-OH is 1. The topological polar surface area (TPSA) is 412 Å². The lowest BCUT2D eigenvalue weighted by molar-refractivity contribution is -0.142. The molecule has 58 heavy (non-hydrogen) atoms. The molecule has 0 unspecified atom stereocenters. The maximum absolute atomic E-state index is 13.7. The summed E-state index contributed by atoms with van der Waals surface area (Å²) in [4.78, 5) is 106. The van der Waals surface area contributed by atoms with Crippen LogP contribution in [0.25, 0.3) is 0 Å². The zero-order valence-corrected chi connectivity index (χ0v) is 33.7. The molecule has 0 aliphatic heterocycles. The molecule has 0 fully saturated rings. The van der Waals surface area contributed by atoms with E-state index in [1.54, 1.807) is 13.8 Å². The zero-order valence-electron chi connectivity index (χ0n) is 33.7. The average molecular weight is 831 g/mol. The summed E-state index contributed by atoms with van der Waals surface area (Å²) in [6.07, 6.45) is 1.63. The first-order valence-corrected chi connectivity index (χ1v) is 19.4. The number of nitrogens with zero attached hydrogens (tertiary/aromatic N) is 1. The number of carbonyl (C=O) groups is 8. The monoisotopic (exact) mass is 830 g/mol. The first-order chi connectivity index (χ1) is 27.3. The summed E-state index contributed by atoms with van der Waals surface area (Å²) in [6.45, 7) is 4.73. The van der Waals surface area contributed by atoms with Crippen molar-refractivity contribution in [3.8, 4) is 0 Å². The summed E-state index contributed by atoms with van der Waals surface area (Å²) in [5, 5.41) is 43.3. The Bertz CT molecular complexity index is 1380. The molecule has 23 nitrogen and oxygen atoms in total. The van der Waals surface area contributed by atoms with E-state index in [2.05, 4.69) is 36.9 Å². The normalized spacial score (nSPS) is 14.6. The molecule has 19 N–H and O–H groups in total. The van der Waals surface area contributed by atoms with E-state index in [0.717, 1.165) is 0 Å². The number of unbranched alkanes of at least 4 members (excludes halogenated alkanes) is 2. The third-order valence-corrected chi connectivity index (χ3v) is 8.63. The van der Waals surface area contributed by atoms with Crippen LogP contribution in [0.3, 0.4) is 0 Å². The van der Waals surface area contributed by atoms with Gasteiger partial charge in [-0.15, -0.1) is 0 Å². The number of rotatable bonds is 31. The molecule has 0 aromatic carbocycles. The molecule has 0 aliphatic rings. The fraction of sp³-hybridized carbons (Fsp3) is 0.743. The standard InChI is InChI=1S/C35H66N12O11/c1-19(2)17-25(32(55)44-22(10-5-7-15-37)30(53)45-24(34(57)58)11-8-16-41-35(39)40)46-31(54)23(12-13-27(49)50)43-28(51)20(3)42-33(56)26(18-48)47-29(52)21(38)9-4-6-14-36/h19-26,48H,4-18,36-38H2,1-3H3,(H,42,56)(H,43,51)(H,44,55)(H,45,53)(H,46,54)(H,47,52)(H,49,50)(H,57,58)(H4,39,40,41)/t20-,21-,22-,23-,24-,25-,26-/m0/s1. The van der Waals surface area contributed by atoms with Crippen LogP contribution in [-0.4, -0.2) is 137 Å². The molecule has 7 atom stereocenters. The predicted molar refractivity (Wildman–Crippen MR) is 212 cm³/mol. The maximum Gasteiger partial charge on any atom is 0.326 e. The van der Waals surface area contributed by atoms with Crippen LogP contribution in [0.1, 0.15) is 91.4 Å². The lowest BCUT2D eigenvalue weighted by atomic mass is 10.0. The van der Waals surface area contributed by atoms with Crippen LogP contribution in [0.5, 0.6) is 0 Å². The lowest BCUT2D eigenvalue weighted by Gasteiger charge is -2.27. The molecule has 0 radical (unpaired) electrons. The Morgan fingerprint density at radius 1 is 0.569 bits per heavy atom. The van der Waals surface area contributed by atoms with Crippen molar-refractivity contribution in [1.29, 1.82) is 0 Å². The highest BCUT2D eigenvalue weighted by Gasteiger charge is 2.33. The van der Waals surface area contributed by atoms with Gasteiger partial charge in [-0.1, -0.05) is 20.3 Å². The molecular weight excluding hydrogens is 764 g/mol. The highest BCUT2D eigenvalue weighted by Crippen LogP contribution is 2.10. The van der Waals surface area contributed by atoms with Gasteiger partial charge in [0.1, 0.15) is 36.3 Å². The number of hydrogen-bond acceptors (Lipinski definition) is 13.